The van der Waals surface area contributed by atoms with E-state index in [9.17, 15) is 0 Å². The lowest BCUT2D eigenvalue weighted by Crippen LogP contribution is -2.15. The third-order valence-electron chi connectivity index (χ3n) is 3.14. The van der Waals surface area contributed by atoms with Crippen LogP contribution in [0.15, 0.2) is 35.1 Å². The summed E-state index contributed by atoms with van der Waals surface area (Å²) in [6, 6.07) is 7.19. The Morgan fingerprint density at radius 2 is 2.28 bits per heavy atom. The summed E-state index contributed by atoms with van der Waals surface area (Å²) >= 11 is 3.63. The quantitative estimate of drug-likeness (QED) is 0.940. The van der Waals surface area contributed by atoms with E-state index in [1.54, 1.807) is 0 Å². The van der Waals surface area contributed by atoms with E-state index in [1.807, 2.05) is 24.0 Å². The van der Waals surface area contributed by atoms with Crippen molar-refractivity contribution >= 4 is 15.9 Å². The van der Waals surface area contributed by atoms with Gasteiger partial charge in [0.2, 0.25) is 0 Å². The first-order chi connectivity index (χ1) is 8.72. The van der Waals surface area contributed by atoms with Crippen molar-refractivity contribution in [2.24, 2.45) is 0 Å². The fourth-order valence-corrected chi connectivity index (χ4v) is 2.55. The van der Waals surface area contributed by atoms with Gasteiger partial charge >= 0.3 is 0 Å². The molecule has 18 heavy (non-hydrogen) atoms. The molecule has 1 aromatic heterocycles. The van der Waals surface area contributed by atoms with Gasteiger partial charge in [0.1, 0.15) is 0 Å². The van der Waals surface area contributed by atoms with Crippen LogP contribution in [0.4, 0.5) is 0 Å². The number of aryl methyl sites for hydroxylation is 1. The van der Waals surface area contributed by atoms with Gasteiger partial charge in [-0.2, -0.15) is 5.10 Å². The highest BCUT2D eigenvalue weighted by Gasteiger charge is 2.20. The van der Waals surface area contributed by atoms with E-state index in [0.29, 0.717) is 0 Å². The van der Waals surface area contributed by atoms with E-state index < -0.39 is 0 Å². The number of benzene rings is 1. The van der Waals surface area contributed by atoms with Gasteiger partial charge in [-0.3, -0.25) is 0 Å². The molecule has 1 fully saturated rings. The molecule has 1 N–H and O–H groups in total. The lowest BCUT2D eigenvalue weighted by molar-refractivity contribution is 0.687. The topological polar surface area (TPSA) is 29.9 Å². The summed E-state index contributed by atoms with van der Waals surface area (Å²) in [5, 5.41) is 7.85. The summed E-state index contributed by atoms with van der Waals surface area (Å²) < 4.78 is 2.98. The van der Waals surface area contributed by atoms with Crippen LogP contribution in [-0.2, 0) is 6.54 Å². The predicted molar refractivity (Wildman–Crippen MR) is 75.9 cm³/mol. The van der Waals surface area contributed by atoms with Gasteiger partial charge in [0, 0.05) is 23.3 Å². The van der Waals surface area contributed by atoms with Crippen LogP contribution in [0.5, 0.6) is 0 Å². The number of rotatable bonds is 4. The number of aromatic nitrogens is 2. The minimum absolute atomic E-state index is 0.747. The van der Waals surface area contributed by atoms with E-state index >= 15 is 0 Å². The second-order valence-corrected chi connectivity index (χ2v) is 5.76. The minimum Gasteiger partial charge on any atom is -0.310 e. The highest BCUT2D eigenvalue weighted by atomic mass is 79.9. The molecule has 0 radical (unpaired) electrons. The van der Waals surface area contributed by atoms with Crippen LogP contribution in [0.3, 0.4) is 0 Å². The first-order valence-electron chi connectivity index (χ1n) is 6.26. The molecule has 0 atom stereocenters. The molecule has 1 saturated carbocycles. The molecule has 1 heterocycles. The lowest BCUT2D eigenvalue weighted by Gasteiger charge is -2.08. The van der Waals surface area contributed by atoms with Gasteiger partial charge in [-0.15, -0.1) is 0 Å². The predicted octanol–water partition coefficient (Wildman–Crippen LogP) is 3.20. The van der Waals surface area contributed by atoms with Crippen molar-refractivity contribution in [3.8, 4) is 5.69 Å². The number of nitrogens with one attached hydrogen (secondary N) is 1. The third kappa shape index (κ3) is 2.65. The molecule has 4 heteroatoms. The van der Waals surface area contributed by atoms with Crippen LogP contribution in [0.25, 0.3) is 5.69 Å². The second kappa shape index (κ2) is 4.86. The van der Waals surface area contributed by atoms with Gasteiger partial charge in [-0.05, 0) is 59.0 Å². The minimum atomic E-state index is 0.747. The molecule has 0 amide bonds. The molecule has 3 nitrogen and oxygen atoms in total. The van der Waals surface area contributed by atoms with E-state index in [1.165, 1.54) is 24.0 Å². The molecule has 1 aliphatic rings. The van der Waals surface area contributed by atoms with Gasteiger partial charge in [0.05, 0.1) is 11.9 Å². The standard InChI is InChI=1S/C14H16BrN3/c1-10-7-17-18(9-10)14-5-2-11(6-13(14)15)8-16-12-3-4-12/h2,5-7,9,12,16H,3-4,8H2,1H3. The van der Waals surface area contributed by atoms with E-state index in [4.69, 9.17) is 0 Å². The lowest BCUT2D eigenvalue weighted by atomic mass is 10.2. The van der Waals surface area contributed by atoms with Crippen molar-refractivity contribution in [1.82, 2.24) is 15.1 Å². The van der Waals surface area contributed by atoms with Gasteiger partial charge in [-0.1, -0.05) is 6.07 Å². The Labute approximate surface area is 115 Å². The second-order valence-electron chi connectivity index (χ2n) is 4.90. The SMILES string of the molecule is Cc1cnn(-c2ccc(CNC3CC3)cc2Br)c1. The number of hydrogen-bond acceptors (Lipinski definition) is 2. The van der Waals surface area contributed by atoms with Crippen LogP contribution >= 0.6 is 15.9 Å². The Balaban J connectivity index is 1.79. The number of hydrogen-bond donors (Lipinski definition) is 1. The monoisotopic (exact) mass is 305 g/mol. The summed E-state index contributed by atoms with van der Waals surface area (Å²) in [4.78, 5) is 0. The van der Waals surface area contributed by atoms with E-state index in [-0.39, 0.29) is 0 Å². The van der Waals surface area contributed by atoms with Crippen molar-refractivity contribution in [3.63, 3.8) is 0 Å². The number of nitrogens with zero attached hydrogens (tertiary/aromatic N) is 2. The summed E-state index contributed by atoms with van der Waals surface area (Å²) in [6.07, 6.45) is 6.55. The molecule has 0 bridgehead atoms. The maximum Gasteiger partial charge on any atom is 0.0787 e. The summed E-state index contributed by atoms with van der Waals surface area (Å²) in [6.45, 7) is 2.99. The Morgan fingerprint density at radius 3 is 2.89 bits per heavy atom. The van der Waals surface area contributed by atoms with Crippen LogP contribution in [0, 0.1) is 6.92 Å². The highest BCUT2D eigenvalue weighted by Crippen LogP contribution is 2.24. The number of halogens is 1. The first-order valence-corrected chi connectivity index (χ1v) is 7.05. The average molecular weight is 306 g/mol. The maximum atomic E-state index is 4.33. The zero-order valence-corrected chi connectivity index (χ0v) is 11.9. The van der Waals surface area contributed by atoms with Crippen LogP contribution in [0.1, 0.15) is 24.0 Å². The Hall–Kier alpha value is -1.13. The van der Waals surface area contributed by atoms with E-state index in [2.05, 4.69) is 44.5 Å². The molecule has 2 aromatic rings. The van der Waals surface area contributed by atoms with Crippen molar-refractivity contribution < 1.29 is 0 Å². The van der Waals surface area contributed by atoms with Crippen LogP contribution in [-0.4, -0.2) is 15.8 Å². The normalized spacial score (nSPS) is 15.0. The van der Waals surface area contributed by atoms with Gasteiger partial charge in [0.25, 0.3) is 0 Å². The van der Waals surface area contributed by atoms with Crippen molar-refractivity contribution in [2.45, 2.75) is 32.4 Å². The zero-order valence-electron chi connectivity index (χ0n) is 10.4. The maximum absolute atomic E-state index is 4.33. The van der Waals surface area contributed by atoms with Crippen LogP contribution < -0.4 is 5.32 Å². The molecule has 1 aliphatic carbocycles. The van der Waals surface area contributed by atoms with Gasteiger partial charge in [-0.25, -0.2) is 4.68 Å². The zero-order chi connectivity index (χ0) is 12.5. The smallest absolute Gasteiger partial charge is 0.0787 e. The van der Waals surface area contributed by atoms with Crippen molar-refractivity contribution in [2.75, 3.05) is 0 Å². The Morgan fingerprint density at radius 1 is 1.44 bits per heavy atom. The summed E-state index contributed by atoms with van der Waals surface area (Å²) in [5.41, 5.74) is 3.56. The average Bonchev–Trinajstić information content (AvgIpc) is 3.09. The summed E-state index contributed by atoms with van der Waals surface area (Å²) in [5.74, 6) is 0. The molecule has 0 saturated heterocycles. The Kier molecular flexibility index (Phi) is 3.22. The van der Waals surface area contributed by atoms with Crippen LogP contribution in [0.2, 0.25) is 0 Å². The van der Waals surface area contributed by atoms with Crippen molar-refractivity contribution in [1.29, 1.82) is 0 Å². The molecule has 0 aliphatic heterocycles. The summed E-state index contributed by atoms with van der Waals surface area (Å²) in [7, 11) is 0. The highest BCUT2D eigenvalue weighted by molar-refractivity contribution is 9.10. The van der Waals surface area contributed by atoms with Gasteiger partial charge < -0.3 is 5.32 Å². The molecule has 94 valence electrons. The Bertz CT molecular complexity index is 558. The molecule has 0 unspecified atom stereocenters. The largest absolute Gasteiger partial charge is 0.310 e. The van der Waals surface area contributed by atoms with E-state index in [0.717, 1.165) is 22.7 Å². The van der Waals surface area contributed by atoms with Crippen molar-refractivity contribution in [3.05, 3.63) is 46.2 Å². The third-order valence-corrected chi connectivity index (χ3v) is 3.78. The fourth-order valence-electron chi connectivity index (χ4n) is 1.94. The molecular weight excluding hydrogens is 290 g/mol. The molecule has 3 rings (SSSR count). The van der Waals surface area contributed by atoms with Gasteiger partial charge in [0.15, 0.2) is 0 Å². The first kappa shape index (κ1) is 11.9. The molecular formula is C14H16BrN3. The molecule has 1 aromatic carbocycles. The molecule has 0 spiro atoms. The fraction of sp³-hybridized carbons (Fsp3) is 0.357.